The zero-order valence-electron chi connectivity index (χ0n) is 24.7. The number of hydrogen-bond donors (Lipinski definition) is 4. The van der Waals surface area contributed by atoms with Gasteiger partial charge in [0.15, 0.2) is 0 Å². The van der Waals surface area contributed by atoms with Crippen LogP contribution in [0.3, 0.4) is 0 Å². The molecular weight excluding hydrogens is 474 g/mol. The summed E-state index contributed by atoms with van der Waals surface area (Å²) >= 11 is 0. The lowest BCUT2D eigenvalue weighted by molar-refractivity contribution is -0.125. The van der Waals surface area contributed by atoms with Crippen molar-refractivity contribution < 1.29 is 23.9 Å². The Balaban J connectivity index is 0. The molecule has 0 aromatic rings. The van der Waals surface area contributed by atoms with Crippen molar-refractivity contribution in [2.75, 3.05) is 20.1 Å². The highest BCUT2D eigenvalue weighted by Crippen LogP contribution is 2.32. The maximum absolute atomic E-state index is 11.8. The number of carbonyl (C=O) groups excluding carboxylic acids is 4. The van der Waals surface area contributed by atoms with E-state index in [1.807, 2.05) is 27.8 Å². The molecule has 10 nitrogen and oxygen atoms in total. The number of amides is 3. The molecule has 2 rings (SSSR count). The summed E-state index contributed by atoms with van der Waals surface area (Å²) in [6, 6.07) is -0.133. The Morgan fingerprint density at radius 2 is 1.86 bits per heavy atom. The van der Waals surface area contributed by atoms with Crippen molar-refractivity contribution in [3.05, 3.63) is 0 Å². The van der Waals surface area contributed by atoms with Crippen LogP contribution in [-0.2, 0) is 19.1 Å². The molecule has 216 valence electrons. The highest BCUT2D eigenvalue weighted by atomic mass is 16.6. The molecule has 2 heterocycles. The van der Waals surface area contributed by atoms with Crippen LogP contribution in [0.1, 0.15) is 93.9 Å². The van der Waals surface area contributed by atoms with Crippen LogP contribution in [0.2, 0.25) is 0 Å². The van der Waals surface area contributed by atoms with Crippen molar-refractivity contribution in [3.8, 4) is 0 Å². The van der Waals surface area contributed by atoms with Gasteiger partial charge in [0.25, 0.3) is 0 Å². The number of rotatable bonds is 7. The largest absolute Gasteiger partial charge is 0.444 e. The number of likely N-dealkylation sites (N-methyl/N-ethyl adjacent to an activating group) is 1. The summed E-state index contributed by atoms with van der Waals surface area (Å²) in [6.45, 7) is 20.2. The number of alkyl carbamates (subject to hydrolysis) is 1. The van der Waals surface area contributed by atoms with Gasteiger partial charge in [0.1, 0.15) is 11.9 Å². The van der Waals surface area contributed by atoms with E-state index in [4.69, 9.17) is 10.1 Å². The van der Waals surface area contributed by atoms with Gasteiger partial charge in [0.05, 0.1) is 12.1 Å². The second-order valence-electron chi connectivity index (χ2n) is 11.4. The van der Waals surface area contributed by atoms with Gasteiger partial charge in [0.2, 0.25) is 11.8 Å². The molecule has 1 unspecified atom stereocenters. The molecule has 2 atom stereocenters. The number of carbonyl (C=O) groups is 4. The van der Waals surface area contributed by atoms with Crippen LogP contribution in [0.15, 0.2) is 0 Å². The molecule has 0 aromatic heterocycles. The predicted molar refractivity (Wildman–Crippen MR) is 149 cm³/mol. The predicted octanol–water partition coefficient (Wildman–Crippen LogP) is 3.67. The van der Waals surface area contributed by atoms with Gasteiger partial charge in [0, 0.05) is 25.6 Å². The first kappa shape index (κ1) is 36.7. The summed E-state index contributed by atoms with van der Waals surface area (Å²) in [6.07, 6.45) is 5.52. The second-order valence-corrected chi connectivity index (χ2v) is 11.4. The minimum absolute atomic E-state index is 0.0624. The zero-order chi connectivity index (χ0) is 29.2. The van der Waals surface area contributed by atoms with E-state index in [9.17, 15) is 19.2 Å². The van der Waals surface area contributed by atoms with E-state index < -0.39 is 17.7 Å². The Kier molecular flexibility index (Phi) is 18.5. The number of aldehydes is 1. The quantitative estimate of drug-likeness (QED) is 0.294. The van der Waals surface area contributed by atoms with Crippen LogP contribution in [0.5, 0.6) is 0 Å². The average Bonchev–Trinajstić information content (AvgIpc) is 3.36. The van der Waals surface area contributed by atoms with Gasteiger partial charge < -0.3 is 30.9 Å². The summed E-state index contributed by atoms with van der Waals surface area (Å²) < 4.78 is 5.04. The van der Waals surface area contributed by atoms with Crippen LogP contribution in [0.25, 0.3) is 0 Å². The van der Waals surface area contributed by atoms with Crippen molar-refractivity contribution in [1.82, 2.24) is 20.9 Å². The molecule has 0 aliphatic carbocycles. The Labute approximate surface area is 224 Å². The number of likely N-dealkylation sites (tertiary alicyclic amines) is 1. The lowest BCUT2D eigenvalue weighted by atomic mass is 9.90. The Hall–Kier alpha value is -2.49. The fourth-order valence-electron chi connectivity index (χ4n) is 3.83. The molecule has 4 N–H and O–H groups in total. The summed E-state index contributed by atoms with van der Waals surface area (Å²) in [4.78, 5) is 46.0. The first-order chi connectivity index (χ1) is 17.1. The first-order valence-electron chi connectivity index (χ1n) is 13.2. The Morgan fingerprint density at radius 3 is 2.19 bits per heavy atom. The maximum atomic E-state index is 11.8. The molecule has 0 aromatic carbocycles. The van der Waals surface area contributed by atoms with Crippen LogP contribution < -0.4 is 16.0 Å². The van der Waals surface area contributed by atoms with Crippen LogP contribution in [-0.4, -0.2) is 79.7 Å². The van der Waals surface area contributed by atoms with Gasteiger partial charge in [-0.25, -0.2) is 4.79 Å². The Bertz CT molecular complexity index is 683. The summed E-state index contributed by atoms with van der Waals surface area (Å²) in [7, 11) is 2.03. The molecule has 2 saturated heterocycles. The van der Waals surface area contributed by atoms with E-state index in [0.29, 0.717) is 6.42 Å². The van der Waals surface area contributed by atoms with E-state index in [1.54, 1.807) is 20.8 Å². The molecule has 0 spiro atoms. The molecule has 3 amide bonds. The molecule has 2 aliphatic rings. The fourth-order valence-corrected chi connectivity index (χ4v) is 3.83. The number of ether oxygens (including phenoxy) is 1. The van der Waals surface area contributed by atoms with E-state index in [0.717, 1.165) is 51.5 Å². The standard InChI is InChI=1S/C11H22N2O.C11H21NO3.C4H7NO.CH3N/c1-8(2)12-10(14)9-6-11(3,4)7-13(9)5;1-5-6-7-9(8-13)12-10(14)15-11(2,3)4;6-4-2-1-3-5-4;1-2/h8-9H,6-7H2,1-5H3,(H,12,14);8-9H,5-7H2,1-4H3,(H,12,14);1-3H2,(H,5,6);2H,1H2/t;9-;;/m.0../s1. The smallest absolute Gasteiger partial charge is 0.408 e. The number of nitrogens with one attached hydrogen (secondary N) is 4. The maximum Gasteiger partial charge on any atom is 0.408 e. The van der Waals surface area contributed by atoms with Gasteiger partial charge >= 0.3 is 6.09 Å². The molecule has 0 radical (unpaired) electrons. The summed E-state index contributed by atoms with van der Waals surface area (Å²) in [5, 5.41) is 13.7. The Morgan fingerprint density at radius 1 is 1.27 bits per heavy atom. The average molecular weight is 528 g/mol. The van der Waals surface area contributed by atoms with Gasteiger partial charge in [-0.2, -0.15) is 0 Å². The van der Waals surface area contributed by atoms with Crippen LogP contribution in [0.4, 0.5) is 4.79 Å². The van der Waals surface area contributed by atoms with Gasteiger partial charge in [-0.15, -0.1) is 0 Å². The molecule has 0 bridgehead atoms. The number of unbranched alkanes of at least 4 members (excludes halogenated alkanes) is 1. The third-order valence-electron chi connectivity index (χ3n) is 5.33. The summed E-state index contributed by atoms with van der Waals surface area (Å²) in [5.41, 5.74) is -0.254. The van der Waals surface area contributed by atoms with Crippen molar-refractivity contribution in [3.63, 3.8) is 0 Å². The van der Waals surface area contributed by atoms with Crippen molar-refractivity contribution in [2.45, 2.75) is 118 Å². The number of hydrogen-bond acceptors (Lipinski definition) is 7. The molecule has 2 aliphatic heterocycles. The highest BCUT2D eigenvalue weighted by molar-refractivity contribution is 5.82. The van der Waals surface area contributed by atoms with Crippen LogP contribution >= 0.6 is 0 Å². The van der Waals surface area contributed by atoms with E-state index in [2.05, 4.69) is 41.4 Å². The number of nitrogens with zero attached hydrogens (tertiary/aromatic N) is 1. The van der Waals surface area contributed by atoms with E-state index in [-0.39, 0.29) is 29.3 Å². The van der Waals surface area contributed by atoms with Crippen molar-refractivity contribution in [1.29, 1.82) is 5.41 Å². The minimum Gasteiger partial charge on any atom is -0.444 e. The van der Waals surface area contributed by atoms with E-state index >= 15 is 0 Å². The van der Waals surface area contributed by atoms with Crippen molar-refractivity contribution >= 4 is 30.9 Å². The third kappa shape index (κ3) is 19.3. The summed E-state index contributed by atoms with van der Waals surface area (Å²) in [5.74, 6) is 0.378. The first-order valence-corrected chi connectivity index (χ1v) is 13.2. The van der Waals surface area contributed by atoms with Crippen LogP contribution in [0, 0.1) is 10.8 Å². The lowest BCUT2D eigenvalue weighted by Crippen LogP contribution is -2.43. The SMILES string of the molecule is C=N.CC(C)NC(=O)C1CC(C)(C)CN1C.CCCC[C@@H](C=O)NC(=O)OC(C)(C)C.O=C1CCCN1. The molecule has 10 heteroatoms. The molecule has 37 heavy (non-hydrogen) atoms. The van der Waals surface area contributed by atoms with Gasteiger partial charge in [-0.1, -0.05) is 33.6 Å². The normalized spacial score (nSPS) is 19.0. The van der Waals surface area contributed by atoms with Gasteiger partial charge in [-0.3, -0.25) is 14.5 Å². The topological polar surface area (TPSA) is 141 Å². The fraction of sp³-hybridized carbons (Fsp3) is 0.815. The monoisotopic (exact) mass is 527 g/mol. The van der Waals surface area contributed by atoms with Crippen molar-refractivity contribution in [2.24, 2.45) is 5.41 Å². The van der Waals surface area contributed by atoms with E-state index in [1.165, 1.54) is 0 Å². The highest BCUT2D eigenvalue weighted by Gasteiger charge is 2.39. The zero-order valence-corrected chi connectivity index (χ0v) is 24.7. The molecule has 0 saturated carbocycles. The third-order valence-corrected chi connectivity index (χ3v) is 5.33. The molecular formula is C27H53N5O5. The van der Waals surface area contributed by atoms with Gasteiger partial charge in [-0.05, 0) is 73.1 Å². The minimum atomic E-state index is -0.532. The lowest BCUT2D eigenvalue weighted by Gasteiger charge is -2.21. The second kappa shape index (κ2) is 18.7. The molecule has 2 fully saturated rings.